The van der Waals surface area contributed by atoms with Crippen LogP contribution in [0, 0.1) is 0 Å². The molecule has 1 amide bonds. The first-order valence-electron chi connectivity index (χ1n) is 9.66. The quantitative estimate of drug-likeness (QED) is 0.688. The molecule has 1 aliphatic heterocycles. The van der Waals surface area contributed by atoms with Crippen molar-refractivity contribution in [2.24, 2.45) is 0 Å². The molecule has 0 atom stereocenters. The van der Waals surface area contributed by atoms with Gasteiger partial charge in [-0.15, -0.1) is 0 Å². The van der Waals surface area contributed by atoms with Gasteiger partial charge in [-0.3, -0.25) is 4.79 Å². The molecule has 0 radical (unpaired) electrons. The van der Waals surface area contributed by atoms with Gasteiger partial charge in [0.25, 0.3) is 5.91 Å². The van der Waals surface area contributed by atoms with Crippen LogP contribution in [0.15, 0.2) is 48.9 Å². The number of aromatic nitrogens is 3. The first-order valence-corrected chi connectivity index (χ1v) is 9.66. The Labute approximate surface area is 163 Å². The van der Waals surface area contributed by atoms with E-state index < -0.39 is 5.67 Å². The van der Waals surface area contributed by atoms with Crippen molar-refractivity contribution in [2.45, 2.75) is 31.5 Å². The van der Waals surface area contributed by atoms with Crippen molar-refractivity contribution in [2.75, 3.05) is 19.6 Å². The van der Waals surface area contributed by atoms with E-state index in [9.17, 15) is 9.18 Å². The van der Waals surface area contributed by atoms with E-state index in [0.717, 1.165) is 18.6 Å². The van der Waals surface area contributed by atoms with Crippen molar-refractivity contribution < 1.29 is 9.18 Å². The molecule has 2 N–H and O–H groups in total. The third-order valence-corrected chi connectivity index (χ3v) is 5.27. The topological polar surface area (TPSA) is 71.8 Å². The zero-order valence-electron chi connectivity index (χ0n) is 15.7. The lowest BCUT2D eigenvalue weighted by Crippen LogP contribution is -2.46. The number of carbonyl (C=O) groups is 1. The van der Waals surface area contributed by atoms with E-state index in [1.54, 1.807) is 12.4 Å². The largest absolute Gasteiger partial charge is 0.349 e. The summed E-state index contributed by atoms with van der Waals surface area (Å²) in [7, 11) is 0. The third kappa shape index (κ3) is 4.20. The standard InChI is InChI=1S/C21H24FN5O/c22-21(7-9-23-10-8-21)14-25-20(28)17-12-18-19(24-13-17)27(15-26-18)11-6-16-4-2-1-3-5-16/h1-5,12-13,15,23H,6-11,14H2,(H,25,28). The molecule has 3 aromatic rings. The van der Waals surface area contributed by atoms with E-state index in [2.05, 4.69) is 32.7 Å². The Balaban J connectivity index is 1.41. The van der Waals surface area contributed by atoms with Crippen LogP contribution in [0.2, 0.25) is 0 Å². The number of hydrogen-bond donors (Lipinski definition) is 2. The van der Waals surface area contributed by atoms with Crippen molar-refractivity contribution in [3.8, 4) is 0 Å². The number of imidazole rings is 1. The highest BCUT2D eigenvalue weighted by molar-refractivity contribution is 5.96. The molecule has 0 aliphatic carbocycles. The second-order valence-corrected chi connectivity index (χ2v) is 7.32. The number of rotatable bonds is 6. The highest BCUT2D eigenvalue weighted by atomic mass is 19.1. The lowest BCUT2D eigenvalue weighted by Gasteiger charge is -2.30. The van der Waals surface area contributed by atoms with E-state index in [1.807, 2.05) is 22.8 Å². The Morgan fingerprint density at radius 1 is 1.21 bits per heavy atom. The molecule has 0 saturated carbocycles. The zero-order valence-corrected chi connectivity index (χ0v) is 15.7. The number of piperidine rings is 1. The van der Waals surface area contributed by atoms with Crippen LogP contribution in [0.5, 0.6) is 0 Å². The summed E-state index contributed by atoms with van der Waals surface area (Å²) >= 11 is 0. The molecule has 0 unspecified atom stereocenters. The molecule has 0 spiro atoms. The fraction of sp³-hybridized carbons (Fsp3) is 0.381. The van der Waals surface area contributed by atoms with Crippen LogP contribution >= 0.6 is 0 Å². The second kappa shape index (κ2) is 8.06. The lowest BCUT2D eigenvalue weighted by molar-refractivity contribution is 0.0837. The third-order valence-electron chi connectivity index (χ3n) is 5.27. The minimum absolute atomic E-state index is 0.0249. The lowest BCUT2D eigenvalue weighted by atomic mass is 9.94. The van der Waals surface area contributed by atoms with Crippen LogP contribution < -0.4 is 10.6 Å². The number of nitrogens with zero attached hydrogens (tertiary/aromatic N) is 3. The fourth-order valence-electron chi connectivity index (χ4n) is 3.52. The number of fused-ring (bicyclic) bond motifs is 1. The van der Waals surface area contributed by atoms with E-state index in [-0.39, 0.29) is 12.5 Å². The molecule has 28 heavy (non-hydrogen) atoms. The van der Waals surface area contributed by atoms with Gasteiger partial charge in [0.15, 0.2) is 5.65 Å². The Morgan fingerprint density at radius 3 is 2.79 bits per heavy atom. The van der Waals surface area contributed by atoms with Gasteiger partial charge in [0.2, 0.25) is 0 Å². The monoisotopic (exact) mass is 381 g/mol. The Kier molecular flexibility index (Phi) is 5.34. The number of hydrogen-bond acceptors (Lipinski definition) is 4. The highest BCUT2D eigenvalue weighted by Gasteiger charge is 2.32. The number of benzene rings is 1. The van der Waals surface area contributed by atoms with Gasteiger partial charge in [-0.1, -0.05) is 30.3 Å². The maximum absolute atomic E-state index is 14.6. The van der Waals surface area contributed by atoms with Gasteiger partial charge in [0, 0.05) is 12.7 Å². The Bertz CT molecular complexity index is 950. The molecule has 6 nitrogen and oxygen atoms in total. The number of nitrogens with one attached hydrogen (secondary N) is 2. The Morgan fingerprint density at radius 2 is 2.00 bits per heavy atom. The summed E-state index contributed by atoms with van der Waals surface area (Å²) in [6.45, 7) is 2.06. The van der Waals surface area contributed by atoms with Gasteiger partial charge in [0.05, 0.1) is 18.4 Å². The first-order chi connectivity index (χ1) is 13.6. The summed E-state index contributed by atoms with van der Waals surface area (Å²) in [5.41, 5.74) is 1.72. The summed E-state index contributed by atoms with van der Waals surface area (Å²) in [6, 6.07) is 11.9. The molecule has 146 valence electrons. The zero-order chi connectivity index (χ0) is 19.4. The molecule has 1 aromatic carbocycles. The summed E-state index contributed by atoms with van der Waals surface area (Å²) in [5, 5.41) is 5.84. The predicted molar refractivity (Wildman–Crippen MR) is 106 cm³/mol. The molecule has 4 rings (SSSR count). The number of carbonyl (C=O) groups excluding carboxylic acids is 1. The van der Waals surface area contributed by atoms with Gasteiger partial charge >= 0.3 is 0 Å². The SMILES string of the molecule is O=C(NCC1(F)CCNCC1)c1cnc2c(c1)ncn2CCc1ccccc1. The number of pyridine rings is 1. The second-order valence-electron chi connectivity index (χ2n) is 7.32. The molecule has 3 heterocycles. The molecule has 0 bridgehead atoms. The van der Waals surface area contributed by atoms with Crippen LogP contribution in [0.3, 0.4) is 0 Å². The van der Waals surface area contributed by atoms with Crippen molar-refractivity contribution in [1.29, 1.82) is 0 Å². The first kappa shape index (κ1) is 18.6. The van der Waals surface area contributed by atoms with Gasteiger partial charge in [-0.05, 0) is 44.0 Å². The Hall–Kier alpha value is -2.80. The number of aryl methyl sites for hydroxylation is 2. The van der Waals surface area contributed by atoms with Crippen molar-refractivity contribution in [3.05, 3.63) is 60.0 Å². The molecule has 1 aliphatic rings. The molecule has 2 aromatic heterocycles. The van der Waals surface area contributed by atoms with E-state index >= 15 is 0 Å². The van der Waals surface area contributed by atoms with Crippen molar-refractivity contribution in [1.82, 2.24) is 25.2 Å². The molecule has 1 saturated heterocycles. The van der Waals surface area contributed by atoms with Gasteiger partial charge in [-0.2, -0.15) is 0 Å². The minimum Gasteiger partial charge on any atom is -0.349 e. The molecular formula is C21H24FN5O. The van der Waals surface area contributed by atoms with Crippen molar-refractivity contribution >= 4 is 17.1 Å². The van der Waals surface area contributed by atoms with Gasteiger partial charge < -0.3 is 15.2 Å². The van der Waals surface area contributed by atoms with Crippen LogP contribution in [-0.4, -0.2) is 45.7 Å². The van der Waals surface area contributed by atoms with Crippen LogP contribution in [-0.2, 0) is 13.0 Å². The highest BCUT2D eigenvalue weighted by Crippen LogP contribution is 2.22. The summed E-state index contributed by atoms with van der Waals surface area (Å²) < 4.78 is 16.6. The van der Waals surface area contributed by atoms with E-state index in [4.69, 9.17) is 0 Å². The van der Waals surface area contributed by atoms with Crippen LogP contribution in [0.25, 0.3) is 11.2 Å². The summed E-state index contributed by atoms with van der Waals surface area (Å²) in [4.78, 5) is 21.2. The van der Waals surface area contributed by atoms with Crippen molar-refractivity contribution in [3.63, 3.8) is 0 Å². The molecule has 7 heteroatoms. The van der Waals surface area contributed by atoms with Crippen LogP contribution in [0.1, 0.15) is 28.8 Å². The number of halogens is 1. The van der Waals surface area contributed by atoms with Gasteiger partial charge in [-0.25, -0.2) is 14.4 Å². The molecule has 1 fully saturated rings. The van der Waals surface area contributed by atoms with Crippen LogP contribution in [0.4, 0.5) is 4.39 Å². The number of alkyl halides is 1. The van der Waals surface area contributed by atoms with Gasteiger partial charge in [0.1, 0.15) is 11.2 Å². The van der Waals surface area contributed by atoms with E-state index in [1.165, 1.54) is 11.8 Å². The maximum atomic E-state index is 14.6. The summed E-state index contributed by atoms with van der Waals surface area (Å²) in [5.74, 6) is -0.316. The number of amides is 1. The maximum Gasteiger partial charge on any atom is 0.253 e. The van der Waals surface area contributed by atoms with E-state index in [0.29, 0.717) is 37.0 Å². The normalized spacial score (nSPS) is 16.2. The smallest absolute Gasteiger partial charge is 0.253 e. The average Bonchev–Trinajstić information content (AvgIpc) is 3.14. The predicted octanol–water partition coefficient (Wildman–Crippen LogP) is 2.50. The average molecular weight is 381 g/mol. The fourth-order valence-corrected chi connectivity index (χ4v) is 3.52. The minimum atomic E-state index is -1.34. The molecular weight excluding hydrogens is 357 g/mol. The summed E-state index contributed by atoms with van der Waals surface area (Å²) in [6.07, 6.45) is 4.98.